The normalized spacial score (nSPS) is 22.6. The molecule has 2 atom stereocenters. The van der Waals surface area contributed by atoms with Crippen molar-refractivity contribution >= 4 is 45.5 Å². The van der Waals surface area contributed by atoms with Crippen molar-refractivity contribution in [1.29, 1.82) is 0 Å². The Hall–Kier alpha value is -1.80. The molecule has 0 radical (unpaired) electrons. The van der Waals surface area contributed by atoms with Crippen LogP contribution in [-0.2, 0) is 14.3 Å². The number of nitrogens with one attached hydrogen (secondary N) is 1. The zero-order chi connectivity index (χ0) is 17.3. The Morgan fingerprint density at radius 1 is 1.38 bits per heavy atom. The summed E-state index contributed by atoms with van der Waals surface area (Å²) in [5.41, 5.74) is 1.59. The maximum absolute atomic E-state index is 12.5. The Morgan fingerprint density at radius 3 is 2.71 bits per heavy atom. The number of thioether (sulfide) groups is 1. The Kier molecular flexibility index (Phi) is 4.96. The summed E-state index contributed by atoms with van der Waals surface area (Å²) in [6.07, 6.45) is 0. The van der Waals surface area contributed by atoms with Crippen LogP contribution in [0.3, 0.4) is 0 Å². The van der Waals surface area contributed by atoms with E-state index >= 15 is 0 Å². The van der Waals surface area contributed by atoms with E-state index in [2.05, 4.69) is 21.2 Å². The number of rotatable bonds is 4. The summed E-state index contributed by atoms with van der Waals surface area (Å²) in [6, 6.07) is 8.08. The third kappa shape index (κ3) is 2.84. The molecule has 0 spiro atoms. The van der Waals surface area contributed by atoms with Crippen LogP contribution in [0.25, 0.3) is 0 Å². The molecular formula is C16H15BrN2O4S. The summed E-state index contributed by atoms with van der Waals surface area (Å²) in [6.45, 7) is 0. The van der Waals surface area contributed by atoms with Crippen LogP contribution in [0.1, 0.15) is 10.4 Å². The van der Waals surface area contributed by atoms with Crippen LogP contribution < -0.4 is 5.32 Å². The number of methoxy groups -OCH3 is 1. The smallest absolute Gasteiger partial charge is 0.354 e. The number of halogens is 1. The number of benzene rings is 1. The van der Waals surface area contributed by atoms with Gasteiger partial charge in [0, 0.05) is 16.6 Å². The lowest BCUT2D eigenvalue weighted by molar-refractivity contribution is -0.150. The average Bonchev–Trinajstić information content (AvgIpc) is 2.64. The maximum atomic E-state index is 12.5. The van der Waals surface area contributed by atoms with Crippen LogP contribution in [0, 0.1) is 0 Å². The molecule has 2 aliphatic heterocycles. The highest BCUT2D eigenvalue weighted by molar-refractivity contribution is 9.09. The van der Waals surface area contributed by atoms with Gasteiger partial charge in [-0.3, -0.25) is 14.5 Å². The SMILES string of the molecule is COC(=O)C1=C(CBr)CS[C@H]2[C@@H](NC(=O)c3ccccc3)C(=O)N12. The molecule has 0 bridgehead atoms. The highest BCUT2D eigenvalue weighted by Crippen LogP contribution is 2.41. The Bertz CT molecular complexity index is 722. The molecule has 0 saturated carbocycles. The second kappa shape index (κ2) is 6.98. The molecule has 0 aliphatic carbocycles. The van der Waals surface area contributed by atoms with Crippen LogP contribution >= 0.6 is 27.7 Å². The van der Waals surface area contributed by atoms with Gasteiger partial charge in [0.2, 0.25) is 0 Å². The van der Waals surface area contributed by atoms with Crippen molar-refractivity contribution in [3.63, 3.8) is 0 Å². The maximum Gasteiger partial charge on any atom is 0.354 e. The summed E-state index contributed by atoms with van der Waals surface area (Å²) in [4.78, 5) is 38.2. The first-order valence-electron chi connectivity index (χ1n) is 7.25. The predicted molar refractivity (Wildman–Crippen MR) is 93.6 cm³/mol. The van der Waals surface area contributed by atoms with E-state index in [0.717, 1.165) is 5.57 Å². The third-order valence-electron chi connectivity index (χ3n) is 3.91. The molecule has 2 aliphatic rings. The first-order valence-corrected chi connectivity index (χ1v) is 9.42. The zero-order valence-corrected chi connectivity index (χ0v) is 15.2. The minimum atomic E-state index is -0.640. The van der Waals surface area contributed by atoms with Crippen molar-refractivity contribution in [2.45, 2.75) is 11.4 Å². The van der Waals surface area contributed by atoms with Crippen molar-refractivity contribution in [3.8, 4) is 0 Å². The number of hydrogen-bond donors (Lipinski definition) is 1. The summed E-state index contributed by atoms with van der Waals surface area (Å²) in [7, 11) is 1.29. The van der Waals surface area contributed by atoms with Crippen LogP contribution in [0.2, 0.25) is 0 Å². The fraction of sp³-hybridized carbons (Fsp3) is 0.312. The first kappa shape index (κ1) is 17.0. The van der Waals surface area contributed by atoms with E-state index in [9.17, 15) is 14.4 Å². The summed E-state index contributed by atoms with van der Waals surface area (Å²) in [5, 5.41) is 2.95. The van der Waals surface area contributed by atoms with Gasteiger partial charge in [-0.1, -0.05) is 34.1 Å². The van der Waals surface area contributed by atoms with Gasteiger partial charge in [-0.15, -0.1) is 11.8 Å². The summed E-state index contributed by atoms with van der Waals surface area (Å²) < 4.78 is 4.80. The number of amides is 2. The van der Waals surface area contributed by atoms with Crippen LogP contribution in [0.15, 0.2) is 41.6 Å². The lowest BCUT2D eigenvalue weighted by Crippen LogP contribution is -2.70. The standard InChI is InChI=1S/C16H15BrN2O4S/c1-23-16(22)12-10(7-17)8-24-15-11(14(21)19(12)15)18-13(20)9-5-3-2-4-6-9/h2-6,11,15H,7-8H2,1H3,(H,18,20)/t11-,15-/m0/s1. The van der Waals surface area contributed by atoms with Gasteiger partial charge in [-0.05, 0) is 17.7 Å². The largest absolute Gasteiger partial charge is 0.464 e. The van der Waals surface area contributed by atoms with E-state index in [0.29, 0.717) is 16.6 Å². The summed E-state index contributed by atoms with van der Waals surface area (Å²) in [5.74, 6) is -0.530. The molecule has 2 amide bonds. The quantitative estimate of drug-likeness (QED) is 0.462. The Balaban J connectivity index is 1.78. The van der Waals surface area contributed by atoms with E-state index < -0.39 is 12.0 Å². The highest BCUT2D eigenvalue weighted by Gasteiger charge is 2.54. The molecule has 24 heavy (non-hydrogen) atoms. The van der Waals surface area contributed by atoms with Gasteiger partial charge in [0.1, 0.15) is 17.1 Å². The zero-order valence-electron chi connectivity index (χ0n) is 12.8. The van der Waals surface area contributed by atoms with Crippen molar-refractivity contribution in [2.75, 3.05) is 18.2 Å². The minimum absolute atomic E-state index is 0.285. The second-order valence-corrected chi connectivity index (χ2v) is 6.97. The molecule has 0 unspecified atom stereocenters. The average molecular weight is 411 g/mol. The lowest BCUT2D eigenvalue weighted by Gasteiger charge is -2.49. The van der Waals surface area contributed by atoms with Gasteiger partial charge >= 0.3 is 5.97 Å². The van der Waals surface area contributed by atoms with Gasteiger partial charge in [0.05, 0.1) is 7.11 Å². The fourth-order valence-corrected chi connectivity index (χ4v) is 4.76. The molecule has 1 N–H and O–H groups in total. The van der Waals surface area contributed by atoms with Gasteiger partial charge in [0.15, 0.2) is 0 Å². The van der Waals surface area contributed by atoms with Crippen molar-refractivity contribution < 1.29 is 19.1 Å². The summed E-state index contributed by atoms with van der Waals surface area (Å²) >= 11 is 4.86. The molecule has 1 aromatic carbocycles. The number of esters is 1. The van der Waals surface area contributed by atoms with E-state index in [-0.39, 0.29) is 22.9 Å². The lowest BCUT2D eigenvalue weighted by atomic mass is 10.0. The minimum Gasteiger partial charge on any atom is -0.464 e. The Labute approximate surface area is 151 Å². The van der Waals surface area contributed by atoms with Gasteiger partial charge in [0.25, 0.3) is 11.8 Å². The molecule has 8 heteroatoms. The number of β-lactam (4-membered cyclic amide) rings is 1. The molecule has 3 rings (SSSR count). The van der Waals surface area contributed by atoms with Crippen molar-refractivity contribution in [1.82, 2.24) is 10.2 Å². The van der Waals surface area contributed by atoms with Gasteiger partial charge in [-0.2, -0.15) is 0 Å². The molecule has 2 heterocycles. The fourth-order valence-electron chi connectivity index (χ4n) is 2.69. The third-order valence-corrected chi connectivity index (χ3v) is 5.93. The van der Waals surface area contributed by atoms with Gasteiger partial charge in [-0.25, -0.2) is 4.79 Å². The topological polar surface area (TPSA) is 75.7 Å². The molecule has 6 nitrogen and oxygen atoms in total. The Morgan fingerprint density at radius 2 is 2.08 bits per heavy atom. The number of carbonyl (C=O) groups excluding carboxylic acids is 3. The molecule has 1 aromatic rings. The molecule has 0 aromatic heterocycles. The van der Waals surface area contributed by atoms with Gasteiger partial charge < -0.3 is 10.1 Å². The number of alkyl halides is 1. The van der Waals surface area contributed by atoms with E-state index in [1.54, 1.807) is 24.3 Å². The highest BCUT2D eigenvalue weighted by atomic mass is 79.9. The monoisotopic (exact) mass is 410 g/mol. The predicted octanol–water partition coefficient (Wildman–Crippen LogP) is 1.52. The van der Waals surface area contributed by atoms with E-state index in [1.165, 1.54) is 23.8 Å². The first-order chi connectivity index (χ1) is 11.6. The molecule has 1 saturated heterocycles. The molecular weight excluding hydrogens is 396 g/mol. The number of nitrogens with zero attached hydrogens (tertiary/aromatic N) is 1. The number of carbonyl (C=O) groups is 3. The second-order valence-electron chi connectivity index (χ2n) is 5.30. The number of ether oxygens (including phenoxy) is 1. The van der Waals surface area contributed by atoms with E-state index in [1.807, 2.05) is 6.07 Å². The molecule has 126 valence electrons. The van der Waals surface area contributed by atoms with Crippen molar-refractivity contribution in [3.05, 3.63) is 47.2 Å². The molecule has 1 fully saturated rings. The number of hydrogen-bond acceptors (Lipinski definition) is 5. The van der Waals surface area contributed by atoms with E-state index in [4.69, 9.17) is 4.74 Å². The van der Waals surface area contributed by atoms with Crippen LogP contribution in [0.5, 0.6) is 0 Å². The number of fused-ring (bicyclic) bond motifs is 1. The van der Waals surface area contributed by atoms with Crippen molar-refractivity contribution in [2.24, 2.45) is 0 Å². The van der Waals surface area contributed by atoms with Crippen LogP contribution in [0.4, 0.5) is 0 Å². The van der Waals surface area contributed by atoms with Crippen LogP contribution in [-0.4, -0.2) is 52.3 Å².